The van der Waals surface area contributed by atoms with Crippen LogP contribution in [0.1, 0.15) is 22.8 Å². The van der Waals surface area contributed by atoms with Crippen LogP contribution in [0.3, 0.4) is 0 Å². The van der Waals surface area contributed by atoms with E-state index in [1.54, 1.807) is 0 Å². The van der Waals surface area contributed by atoms with Gasteiger partial charge in [0, 0.05) is 17.2 Å². The first kappa shape index (κ1) is 13.6. The lowest BCUT2D eigenvalue weighted by molar-refractivity contribution is -0.385. The van der Waals surface area contributed by atoms with E-state index >= 15 is 0 Å². The van der Waals surface area contributed by atoms with Gasteiger partial charge in [-0.3, -0.25) is 19.7 Å². The maximum absolute atomic E-state index is 11.8. The van der Waals surface area contributed by atoms with E-state index in [2.05, 4.69) is 5.32 Å². The summed E-state index contributed by atoms with van der Waals surface area (Å²) in [5, 5.41) is 21.6. The normalized spacial score (nSPS) is 11.7. The van der Waals surface area contributed by atoms with Gasteiger partial charge in [-0.1, -0.05) is 6.07 Å². The number of rotatable bonds is 4. The summed E-state index contributed by atoms with van der Waals surface area (Å²) in [4.78, 5) is 32.5. The van der Waals surface area contributed by atoms with E-state index in [0.717, 1.165) is 0 Å². The summed E-state index contributed by atoms with van der Waals surface area (Å²) in [6.45, 7) is 2.76. The molecule has 0 aliphatic heterocycles. The molecule has 1 unspecified atom stereocenters. The number of hydrogen-bond acceptors (Lipinski definition) is 4. The third-order valence-electron chi connectivity index (χ3n) is 2.46. The van der Waals surface area contributed by atoms with Crippen molar-refractivity contribution in [2.45, 2.75) is 19.9 Å². The number of carboxylic acid groups (broad SMARTS) is 1. The Kier molecular flexibility index (Phi) is 3.98. The zero-order valence-electron chi connectivity index (χ0n) is 9.84. The molecule has 1 atom stereocenters. The Balaban J connectivity index is 3.04. The van der Waals surface area contributed by atoms with Crippen molar-refractivity contribution in [3.63, 3.8) is 0 Å². The van der Waals surface area contributed by atoms with Crippen LogP contribution in [0.2, 0.25) is 0 Å². The van der Waals surface area contributed by atoms with Gasteiger partial charge >= 0.3 is 5.97 Å². The summed E-state index contributed by atoms with van der Waals surface area (Å²) in [5.74, 6) is -1.82. The van der Waals surface area contributed by atoms with Crippen LogP contribution in [-0.2, 0) is 4.79 Å². The number of amides is 1. The quantitative estimate of drug-likeness (QED) is 0.616. The van der Waals surface area contributed by atoms with Gasteiger partial charge in [-0.2, -0.15) is 0 Å². The van der Waals surface area contributed by atoms with E-state index < -0.39 is 22.8 Å². The average molecular weight is 252 g/mol. The highest BCUT2D eigenvalue weighted by molar-refractivity contribution is 5.98. The predicted octanol–water partition coefficient (Wildman–Crippen LogP) is 1.11. The Hall–Kier alpha value is -2.44. The molecule has 0 saturated carbocycles. The molecule has 0 fully saturated rings. The second kappa shape index (κ2) is 5.26. The first-order valence-corrected chi connectivity index (χ1v) is 5.12. The lowest BCUT2D eigenvalue weighted by Crippen LogP contribution is -2.38. The van der Waals surface area contributed by atoms with Crippen molar-refractivity contribution in [2.24, 2.45) is 0 Å². The highest BCUT2D eigenvalue weighted by Gasteiger charge is 2.20. The second-order valence-electron chi connectivity index (χ2n) is 3.74. The summed E-state index contributed by atoms with van der Waals surface area (Å²) in [6, 6.07) is 3.01. The van der Waals surface area contributed by atoms with Crippen molar-refractivity contribution in [3.05, 3.63) is 39.4 Å². The van der Waals surface area contributed by atoms with Crippen molar-refractivity contribution < 1.29 is 19.6 Å². The minimum absolute atomic E-state index is 0.0947. The molecule has 7 heteroatoms. The van der Waals surface area contributed by atoms with Gasteiger partial charge in [0.2, 0.25) is 0 Å². The van der Waals surface area contributed by atoms with E-state index in [1.807, 2.05) is 0 Å². The maximum Gasteiger partial charge on any atom is 0.325 e. The standard InChI is InChI=1S/C11H12N2O5/c1-6-8(4-3-5-9(6)13(17)18)10(14)12-7(2)11(15)16/h3-5,7H,1-2H3,(H,12,14)(H,15,16). The monoisotopic (exact) mass is 252 g/mol. The molecule has 18 heavy (non-hydrogen) atoms. The Morgan fingerprint density at radius 1 is 1.44 bits per heavy atom. The van der Waals surface area contributed by atoms with Gasteiger partial charge < -0.3 is 10.4 Å². The van der Waals surface area contributed by atoms with Gasteiger partial charge in [0.1, 0.15) is 6.04 Å². The fourth-order valence-electron chi connectivity index (χ4n) is 1.40. The van der Waals surface area contributed by atoms with E-state index in [1.165, 1.54) is 32.0 Å². The molecule has 0 bridgehead atoms. The molecular weight excluding hydrogens is 240 g/mol. The van der Waals surface area contributed by atoms with Crippen LogP contribution in [-0.4, -0.2) is 27.9 Å². The molecule has 1 amide bonds. The highest BCUT2D eigenvalue weighted by atomic mass is 16.6. The zero-order valence-corrected chi connectivity index (χ0v) is 9.84. The number of aliphatic carboxylic acids is 1. The lowest BCUT2D eigenvalue weighted by Gasteiger charge is -2.10. The molecule has 1 aromatic rings. The van der Waals surface area contributed by atoms with Gasteiger partial charge in [0.25, 0.3) is 11.6 Å². The molecule has 0 aliphatic carbocycles. The molecule has 1 rings (SSSR count). The molecular formula is C11H12N2O5. The van der Waals surface area contributed by atoms with Crippen molar-refractivity contribution in [3.8, 4) is 0 Å². The smallest absolute Gasteiger partial charge is 0.325 e. The van der Waals surface area contributed by atoms with Crippen molar-refractivity contribution in [2.75, 3.05) is 0 Å². The Labute approximate surface area is 103 Å². The van der Waals surface area contributed by atoms with Crippen LogP contribution in [0.4, 0.5) is 5.69 Å². The molecule has 7 nitrogen and oxygen atoms in total. The summed E-state index contributed by atoms with van der Waals surface area (Å²) in [7, 11) is 0. The summed E-state index contributed by atoms with van der Waals surface area (Å²) < 4.78 is 0. The second-order valence-corrected chi connectivity index (χ2v) is 3.74. The number of benzene rings is 1. The number of nitro benzene ring substituents is 1. The van der Waals surface area contributed by atoms with Gasteiger partial charge in [-0.25, -0.2) is 0 Å². The van der Waals surface area contributed by atoms with Crippen LogP contribution < -0.4 is 5.32 Å². The van der Waals surface area contributed by atoms with Crippen molar-refractivity contribution >= 4 is 17.6 Å². The van der Waals surface area contributed by atoms with E-state index in [4.69, 9.17) is 5.11 Å². The van der Waals surface area contributed by atoms with Gasteiger partial charge in [-0.15, -0.1) is 0 Å². The van der Waals surface area contributed by atoms with Crippen LogP contribution in [0.15, 0.2) is 18.2 Å². The number of hydrogen-bond donors (Lipinski definition) is 2. The average Bonchev–Trinajstić information content (AvgIpc) is 2.28. The summed E-state index contributed by atoms with van der Waals surface area (Å²) >= 11 is 0. The molecule has 0 saturated heterocycles. The largest absolute Gasteiger partial charge is 0.480 e. The molecule has 0 spiro atoms. The Morgan fingerprint density at radius 3 is 2.56 bits per heavy atom. The third-order valence-corrected chi connectivity index (χ3v) is 2.46. The van der Waals surface area contributed by atoms with E-state index in [-0.39, 0.29) is 16.8 Å². The first-order valence-electron chi connectivity index (χ1n) is 5.12. The third kappa shape index (κ3) is 2.82. The number of nitrogens with one attached hydrogen (secondary N) is 1. The number of nitro groups is 1. The molecule has 96 valence electrons. The molecule has 2 N–H and O–H groups in total. The number of carboxylic acids is 1. The van der Waals surface area contributed by atoms with Gasteiger partial charge in [0.05, 0.1) is 4.92 Å². The molecule has 0 aliphatic rings. The number of carbonyl (C=O) groups is 2. The minimum atomic E-state index is -1.17. The van der Waals surface area contributed by atoms with Crippen LogP contribution in [0.25, 0.3) is 0 Å². The van der Waals surface area contributed by atoms with Crippen LogP contribution in [0.5, 0.6) is 0 Å². The number of carbonyl (C=O) groups excluding carboxylic acids is 1. The van der Waals surface area contributed by atoms with E-state index in [9.17, 15) is 19.7 Å². The van der Waals surface area contributed by atoms with Crippen LogP contribution >= 0.6 is 0 Å². The lowest BCUT2D eigenvalue weighted by atomic mass is 10.1. The topological polar surface area (TPSA) is 110 Å². The predicted molar refractivity (Wildman–Crippen MR) is 62.4 cm³/mol. The first-order chi connectivity index (χ1) is 8.34. The molecule has 0 heterocycles. The molecule has 1 aromatic carbocycles. The fraction of sp³-hybridized carbons (Fsp3) is 0.273. The highest BCUT2D eigenvalue weighted by Crippen LogP contribution is 2.20. The number of nitrogens with zero attached hydrogens (tertiary/aromatic N) is 1. The summed E-state index contributed by atoms with van der Waals surface area (Å²) in [6.07, 6.45) is 0. The van der Waals surface area contributed by atoms with Gasteiger partial charge in [0.15, 0.2) is 0 Å². The summed E-state index contributed by atoms with van der Waals surface area (Å²) in [5.41, 5.74) is 0.125. The Bertz CT molecular complexity index is 512. The van der Waals surface area contributed by atoms with Crippen LogP contribution in [0, 0.1) is 17.0 Å². The SMILES string of the molecule is Cc1c(C(=O)NC(C)C(=O)O)cccc1[N+](=O)[O-]. The van der Waals surface area contributed by atoms with E-state index in [0.29, 0.717) is 0 Å². The minimum Gasteiger partial charge on any atom is -0.480 e. The molecule has 0 aromatic heterocycles. The maximum atomic E-state index is 11.8. The van der Waals surface area contributed by atoms with Crippen molar-refractivity contribution in [1.29, 1.82) is 0 Å². The van der Waals surface area contributed by atoms with Gasteiger partial charge in [-0.05, 0) is 19.9 Å². The Morgan fingerprint density at radius 2 is 2.06 bits per heavy atom. The van der Waals surface area contributed by atoms with Crippen molar-refractivity contribution in [1.82, 2.24) is 5.32 Å². The fourth-order valence-corrected chi connectivity index (χ4v) is 1.40. The molecule has 0 radical (unpaired) electrons. The zero-order chi connectivity index (χ0) is 13.9.